The van der Waals surface area contributed by atoms with Crippen molar-refractivity contribution >= 4 is 23.6 Å². The van der Waals surface area contributed by atoms with Gasteiger partial charge in [-0.1, -0.05) is 6.07 Å². The zero-order valence-electron chi connectivity index (χ0n) is 11.6. The third-order valence-electron chi connectivity index (χ3n) is 3.95. The molecule has 1 amide bonds. The number of carbonyl (C=O) groups excluding carboxylic acids is 1. The Morgan fingerprint density at radius 2 is 2.19 bits per heavy atom. The third-order valence-corrected chi connectivity index (χ3v) is 5.42. The zero-order valence-corrected chi connectivity index (χ0v) is 12.5. The van der Waals surface area contributed by atoms with Crippen LogP contribution in [0.4, 0.5) is 0 Å². The van der Waals surface area contributed by atoms with Crippen LogP contribution in [0, 0.1) is 5.92 Å². The van der Waals surface area contributed by atoms with E-state index < -0.39 is 12.0 Å². The average molecular weight is 306 g/mol. The molecule has 112 valence electrons. The number of hydrogen-bond donors (Lipinski definition) is 1. The highest BCUT2D eigenvalue weighted by Crippen LogP contribution is 2.45. The summed E-state index contributed by atoms with van der Waals surface area (Å²) in [6, 6.07) is 4.95. The Morgan fingerprint density at radius 3 is 2.81 bits per heavy atom. The molecule has 2 atom stereocenters. The molecule has 1 saturated heterocycles. The summed E-state index contributed by atoms with van der Waals surface area (Å²) in [5, 5.41) is 9.38. The second-order valence-corrected chi connectivity index (χ2v) is 6.69. The largest absolute Gasteiger partial charge is 0.480 e. The molecular formula is C15H18N2O3S. The van der Waals surface area contributed by atoms with E-state index in [2.05, 4.69) is 4.98 Å². The minimum absolute atomic E-state index is 0.0577. The van der Waals surface area contributed by atoms with E-state index in [4.69, 9.17) is 0 Å². The molecule has 2 aliphatic rings. The van der Waals surface area contributed by atoms with Crippen molar-refractivity contribution < 1.29 is 14.7 Å². The molecule has 2 fully saturated rings. The van der Waals surface area contributed by atoms with Crippen LogP contribution in [0.25, 0.3) is 0 Å². The Hall–Kier alpha value is -1.56. The topological polar surface area (TPSA) is 70.5 Å². The number of carboxylic acids is 1. The number of hydrogen-bond acceptors (Lipinski definition) is 4. The molecule has 6 heteroatoms. The molecule has 1 aromatic rings. The normalized spacial score (nSPS) is 25.0. The lowest BCUT2D eigenvalue weighted by molar-refractivity contribution is -0.149. The number of carbonyl (C=O) groups is 2. The number of carboxylic acid groups (broad SMARTS) is 1. The van der Waals surface area contributed by atoms with E-state index in [-0.39, 0.29) is 11.3 Å². The number of aliphatic carboxylic acids is 1. The Morgan fingerprint density at radius 1 is 1.38 bits per heavy atom. The summed E-state index contributed by atoms with van der Waals surface area (Å²) in [4.78, 5) is 29.7. The summed E-state index contributed by atoms with van der Waals surface area (Å²) in [5.41, 5.74) is 0.868. The Balaban J connectivity index is 1.66. The van der Waals surface area contributed by atoms with Gasteiger partial charge in [-0.3, -0.25) is 9.78 Å². The molecule has 0 bridgehead atoms. The summed E-state index contributed by atoms with van der Waals surface area (Å²) in [5.74, 6) is 0.0381. The Bertz CT molecular complexity index is 533. The van der Waals surface area contributed by atoms with E-state index in [1.807, 2.05) is 18.2 Å². The van der Waals surface area contributed by atoms with Crippen molar-refractivity contribution in [2.45, 2.75) is 37.1 Å². The van der Waals surface area contributed by atoms with Crippen molar-refractivity contribution in [2.24, 2.45) is 5.92 Å². The molecule has 0 aromatic carbocycles. The van der Waals surface area contributed by atoms with Crippen molar-refractivity contribution in [3.05, 3.63) is 30.1 Å². The van der Waals surface area contributed by atoms with Gasteiger partial charge in [0.2, 0.25) is 5.91 Å². The minimum Gasteiger partial charge on any atom is -0.480 e. The molecule has 1 aliphatic carbocycles. The predicted molar refractivity (Wildman–Crippen MR) is 79.8 cm³/mol. The number of nitrogens with zero attached hydrogens (tertiary/aromatic N) is 2. The smallest absolute Gasteiger partial charge is 0.327 e. The first kappa shape index (κ1) is 14.4. The zero-order chi connectivity index (χ0) is 14.8. The summed E-state index contributed by atoms with van der Waals surface area (Å²) in [6.07, 6.45) is 4.80. The first-order valence-electron chi connectivity index (χ1n) is 7.22. The van der Waals surface area contributed by atoms with Gasteiger partial charge in [-0.25, -0.2) is 4.79 Å². The number of rotatable bonds is 5. The SMILES string of the molecule is O=C(O)C1CSC(C2CC2)N1C(=O)CCc1ccccn1. The fraction of sp³-hybridized carbons (Fsp3) is 0.533. The van der Waals surface area contributed by atoms with Crippen LogP contribution in [-0.2, 0) is 16.0 Å². The first-order chi connectivity index (χ1) is 10.2. The van der Waals surface area contributed by atoms with Crippen molar-refractivity contribution in [2.75, 3.05) is 5.75 Å². The van der Waals surface area contributed by atoms with Gasteiger partial charge >= 0.3 is 5.97 Å². The average Bonchev–Trinajstić information content (AvgIpc) is 3.24. The molecule has 1 saturated carbocycles. The van der Waals surface area contributed by atoms with Gasteiger partial charge in [0.25, 0.3) is 0 Å². The lowest BCUT2D eigenvalue weighted by Crippen LogP contribution is -2.46. The number of aromatic nitrogens is 1. The standard InChI is InChI=1S/C15H18N2O3S/c18-13(7-6-11-3-1-2-8-16-11)17-12(15(19)20)9-21-14(17)10-4-5-10/h1-3,8,10,12,14H,4-7,9H2,(H,19,20). The maximum Gasteiger partial charge on any atom is 0.327 e. The molecule has 0 radical (unpaired) electrons. The molecule has 5 nitrogen and oxygen atoms in total. The highest BCUT2D eigenvalue weighted by atomic mass is 32.2. The van der Waals surface area contributed by atoms with E-state index in [9.17, 15) is 14.7 Å². The summed E-state index contributed by atoms with van der Waals surface area (Å²) >= 11 is 1.62. The van der Waals surface area contributed by atoms with Crippen LogP contribution >= 0.6 is 11.8 Å². The van der Waals surface area contributed by atoms with E-state index in [1.54, 1.807) is 22.9 Å². The maximum absolute atomic E-state index is 12.5. The number of thioether (sulfide) groups is 1. The van der Waals surface area contributed by atoms with Crippen molar-refractivity contribution in [3.63, 3.8) is 0 Å². The Kier molecular flexibility index (Phi) is 4.14. The lowest BCUT2D eigenvalue weighted by Gasteiger charge is -2.27. The monoisotopic (exact) mass is 306 g/mol. The molecule has 2 heterocycles. The van der Waals surface area contributed by atoms with Gasteiger partial charge < -0.3 is 10.0 Å². The fourth-order valence-corrected chi connectivity index (χ4v) is 4.34. The predicted octanol–water partition coefficient (Wildman–Crippen LogP) is 1.78. The minimum atomic E-state index is -0.892. The van der Waals surface area contributed by atoms with Crippen molar-refractivity contribution in [1.82, 2.24) is 9.88 Å². The second-order valence-electron chi connectivity index (χ2n) is 5.54. The number of pyridine rings is 1. The number of amides is 1. The van der Waals surface area contributed by atoms with Gasteiger partial charge in [0, 0.05) is 24.1 Å². The van der Waals surface area contributed by atoms with E-state index in [0.29, 0.717) is 24.5 Å². The van der Waals surface area contributed by atoms with Crippen LogP contribution in [0.1, 0.15) is 25.0 Å². The van der Waals surface area contributed by atoms with Crippen LogP contribution in [0.15, 0.2) is 24.4 Å². The van der Waals surface area contributed by atoms with Crippen LogP contribution in [-0.4, -0.2) is 44.0 Å². The quantitative estimate of drug-likeness (QED) is 0.898. The fourth-order valence-electron chi connectivity index (χ4n) is 2.69. The van der Waals surface area contributed by atoms with E-state index in [1.165, 1.54) is 0 Å². The van der Waals surface area contributed by atoms with Gasteiger partial charge in [-0.2, -0.15) is 0 Å². The maximum atomic E-state index is 12.5. The van der Waals surface area contributed by atoms with E-state index in [0.717, 1.165) is 18.5 Å². The van der Waals surface area contributed by atoms with Gasteiger partial charge in [-0.15, -0.1) is 11.8 Å². The molecule has 3 rings (SSSR count). The molecule has 0 spiro atoms. The van der Waals surface area contributed by atoms with Crippen molar-refractivity contribution in [1.29, 1.82) is 0 Å². The molecule has 21 heavy (non-hydrogen) atoms. The summed E-state index contributed by atoms with van der Waals surface area (Å²) < 4.78 is 0. The van der Waals surface area contributed by atoms with Gasteiger partial charge in [-0.05, 0) is 37.3 Å². The third kappa shape index (κ3) is 3.20. The Labute approximate surface area is 127 Å². The highest BCUT2D eigenvalue weighted by Gasteiger charge is 2.47. The number of aryl methyl sites for hydroxylation is 1. The van der Waals surface area contributed by atoms with Crippen LogP contribution in [0.2, 0.25) is 0 Å². The van der Waals surface area contributed by atoms with Gasteiger partial charge in [0.05, 0.1) is 5.37 Å². The van der Waals surface area contributed by atoms with Gasteiger partial charge in [0.1, 0.15) is 6.04 Å². The van der Waals surface area contributed by atoms with Crippen molar-refractivity contribution in [3.8, 4) is 0 Å². The van der Waals surface area contributed by atoms with Gasteiger partial charge in [0.15, 0.2) is 0 Å². The second kappa shape index (κ2) is 6.05. The first-order valence-corrected chi connectivity index (χ1v) is 8.27. The summed E-state index contributed by atoms with van der Waals surface area (Å²) in [6.45, 7) is 0. The summed E-state index contributed by atoms with van der Waals surface area (Å²) in [7, 11) is 0. The molecule has 1 aliphatic heterocycles. The van der Waals surface area contributed by atoms with E-state index >= 15 is 0 Å². The van der Waals surface area contributed by atoms with Crippen LogP contribution < -0.4 is 0 Å². The highest BCUT2D eigenvalue weighted by molar-refractivity contribution is 8.00. The lowest BCUT2D eigenvalue weighted by atomic mass is 10.1. The van der Waals surface area contributed by atoms with Crippen LogP contribution in [0.3, 0.4) is 0 Å². The molecule has 2 unspecified atom stereocenters. The molecule has 1 N–H and O–H groups in total. The van der Waals surface area contributed by atoms with Crippen LogP contribution in [0.5, 0.6) is 0 Å². The molecular weight excluding hydrogens is 288 g/mol. The molecule has 1 aromatic heterocycles.